The lowest BCUT2D eigenvalue weighted by Gasteiger charge is -2.33. The van der Waals surface area contributed by atoms with Gasteiger partial charge in [-0.25, -0.2) is 0 Å². The van der Waals surface area contributed by atoms with Gasteiger partial charge in [-0.1, -0.05) is 42.3 Å². The SMILES string of the molecule is O=C(N[C@H](CN1CCCC1)[C@H](O)c1ccc(OC2CC2)c(Cl)c1)C(=O)C1=CCC(N2CCCCC2)C=C1. The molecular weight excluding hydrogens is 490 g/mol. The molecule has 2 N–H and O–H groups in total. The molecule has 200 valence electrons. The Hall–Kier alpha value is -2.19. The largest absolute Gasteiger partial charge is 0.489 e. The quantitative estimate of drug-likeness (QED) is 0.450. The number of hydrogen-bond donors (Lipinski definition) is 2. The highest BCUT2D eigenvalue weighted by atomic mass is 35.5. The molecule has 1 aromatic rings. The Kier molecular flexibility index (Phi) is 8.65. The topological polar surface area (TPSA) is 82.1 Å². The summed E-state index contributed by atoms with van der Waals surface area (Å²) in [4.78, 5) is 30.8. The van der Waals surface area contributed by atoms with Crippen LogP contribution in [-0.2, 0) is 9.59 Å². The summed E-state index contributed by atoms with van der Waals surface area (Å²) in [7, 11) is 0. The van der Waals surface area contributed by atoms with Gasteiger partial charge in [-0.05, 0) is 88.8 Å². The van der Waals surface area contributed by atoms with Crippen LogP contribution in [0.15, 0.2) is 42.0 Å². The Morgan fingerprint density at radius 2 is 1.81 bits per heavy atom. The maximum absolute atomic E-state index is 13.1. The molecule has 1 unspecified atom stereocenters. The Morgan fingerprint density at radius 3 is 2.46 bits per heavy atom. The van der Waals surface area contributed by atoms with Crippen molar-refractivity contribution in [1.29, 1.82) is 0 Å². The van der Waals surface area contributed by atoms with Gasteiger partial charge < -0.3 is 20.1 Å². The minimum atomic E-state index is -1.01. The van der Waals surface area contributed by atoms with E-state index >= 15 is 0 Å². The van der Waals surface area contributed by atoms with Gasteiger partial charge in [0.2, 0.25) is 5.78 Å². The zero-order chi connectivity index (χ0) is 25.8. The van der Waals surface area contributed by atoms with Crippen LogP contribution in [0.25, 0.3) is 0 Å². The van der Waals surface area contributed by atoms with E-state index in [1.807, 2.05) is 6.08 Å². The van der Waals surface area contributed by atoms with Gasteiger partial charge in [0.1, 0.15) is 11.9 Å². The van der Waals surface area contributed by atoms with E-state index in [0.717, 1.165) is 58.3 Å². The molecule has 8 heteroatoms. The third-order valence-electron chi connectivity index (χ3n) is 7.87. The summed E-state index contributed by atoms with van der Waals surface area (Å²) in [5.74, 6) is -0.636. The fourth-order valence-electron chi connectivity index (χ4n) is 5.53. The molecule has 0 radical (unpaired) electrons. The lowest BCUT2D eigenvalue weighted by atomic mass is 9.96. The smallest absolute Gasteiger partial charge is 0.292 e. The first-order chi connectivity index (χ1) is 18.0. The van der Waals surface area contributed by atoms with Crippen LogP contribution < -0.4 is 10.1 Å². The zero-order valence-electron chi connectivity index (χ0n) is 21.4. The average Bonchev–Trinajstić information content (AvgIpc) is 3.60. The van der Waals surface area contributed by atoms with E-state index in [1.54, 1.807) is 24.3 Å². The monoisotopic (exact) mass is 527 g/mol. The van der Waals surface area contributed by atoms with Crippen molar-refractivity contribution in [1.82, 2.24) is 15.1 Å². The van der Waals surface area contributed by atoms with Crippen molar-refractivity contribution in [3.63, 3.8) is 0 Å². The number of Topliss-reactive ketones (excluding diaryl/α,β-unsaturated/α-hetero) is 1. The number of ketones is 1. The third-order valence-corrected chi connectivity index (χ3v) is 8.17. The average molecular weight is 528 g/mol. The van der Waals surface area contributed by atoms with Crippen LogP contribution in [0.1, 0.15) is 63.0 Å². The molecule has 0 bridgehead atoms. The molecule has 3 fully saturated rings. The second kappa shape index (κ2) is 12.1. The van der Waals surface area contributed by atoms with Crippen LogP contribution in [0, 0.1) is 0 Å². The zero-order valence-corrected chi connectivity index (χ0v) is 22.2. The van der Waals surface area contributed by atoms with E-state index in [1.165, 1.54) is 19.3 Å². The van der Waals surface area contributed by atoms with Crippen molar-refractivity contribution >= 4 is 23.3 Å². The first kappa shape index (κ1) is 26.4. The fourth-order valence-corrected chi connectivity index (χ4v) is 5.76. The van der Waals surface area contributed by atoms with Gasteiger partial charge in [0.25, 0.3) is 5.91 Å². The molecule has 1 amide bonds. The Bertz CT molecular complexity index is 1040. The van der Waals surface area contributed by atoms with Crippen molar-refractivity contribution in [3.8, 4) is 5.75 Å². The van der Waals surface area contributed by atoms with Crippen molar-refractivity contribution in [2.75, 3.05) is 32.7 Å². The second-order valence-corrected chi connectivity index (χ2v) is 11.2. The molecule has 1 saturated carbocycles. The van der Waals surface area contributed by atoms with Gasteiger partial charge in [-0.3, -0.25) is 14.5 Å². The molecule has 2 saturated heterocycles. The highest BCUT2D eigenvalue weighted by molar-refractivity contribution is 6.43. The molecule has 3 atom stereocenters. The molecule has 0 spiro atoms. The minimum Gasteiger partial charge on any atom is -0.489 e. The Morgan fingerprint density at radius 1 is 1.08 bits per heavy atom. The number of nitrogens with one attached hydrogen (secondary N) is 1. The summed E-state index contributed by atoms with van der Waals surface area (Å²) in [5, 5.41) is 14.6. The number of halogens is 1. The molecule has 7 nitrogen and oxygen atoms in total. The maximum atomic E-state index is 13.1. The number of aliphatic hydroxyl groups is 1. The van der Waals surface area contributed by atoms with E-state index in [9.17, 15) is 14.7 Å². The van der Waals surface area contributed by atoms with E-state index < -0.39 is 23.8 Å². The summed E-state index contributed by atoms with van der Waals surface area (Å²) in [6.07, 6.45) is 13.6. The van der Waals surface area contributed by atoms with Crippen molar-refractivity contribution in [2.24, 2.45) is 0 Å². The first-order valence-electron chi connectivity index (χ1n) is 13.8. The predicted octanol–water partition coefficient (Wildman–Crippen LogP) is 3.81. The van der Waals surface area contributed by atoms with Crippen LogP contribution in [0.3, 0.4) is 0 Å². The number of amides is 1. The number of carbonyl (C=O) groups excluding carboxylic acids is 2. The van der Waals surface area contributed by atoms with E-state index in [2.05, 4.69) is 21.2 Å². The number of nitrogens with zero attached hydrogens (tertiary/aromatic N) is 2. The van der Waals surface area contributed by atoms with Gasteiger partial charge in [0, 0.05) is 18.2 Å². The second-order valence-electron chi connectivity index (χ2n) is 10.8. The summed E-state index contributed by atoms with van der Waals surface area (Å²) >= 11 is 6.44. The van der Waals surface area contributed by atoms with Gasteiger partial charge >= 0.3 is 0 Å². The maximum Gasteiger partial charge on any atom is 0.292 e. The predicted molar refractivity (Wildman–Crippen MR) is 144 cm³/mol. The van der Waals surface area contributed by atoms with Crippen LogP contribution in [0.5, 0.6) is 5.75 Å². The molecule has 2 aliphatic carbocycles. The van der Waals surface area contributed by atoms with Crippen LogP contribution in [-0.4, -0.2) is 77.5 Å². The van der Waals surface area contributed by atoms with Gasteiger partial charge in [-0.15, -0.1) is 0 Å². The molecular formula is C29H38ClN3O4. The normalized spacial score (nSPS) is 24.4. The standard InChI is InChI=1S/C29H38ClN3O4/c30-24-18-21(8-13-26(24)37-23-11-12-23)27(34)25(19-32-14-4-5-15-32)31-29(36)28(35)20-6-9-22(10-7-20)33-16-2-1-3-17-33/h6-9,13,18,22-23,25,27,34H,1-5,10-12,14-17,19H2,(H,31,36)/t22?,25-,27-/m1/s1. The van der Waals surface area contributed by atoms with Crippen molar-refractivity contribution < 1.29 is 19.4 Å². The number of hydrogen-bond acceptors (Lipinski definition) is 6. The minimum absolute atomic E-state index is 0.222. The lowest BCUT2D eigenvalue weighted by molar-refractivity contribution is -0.136. The molecule has 4 aliphatic rings. The van der Waals surface area contributed by atoms with Crippen LogP contribution in [0.2, 0.25) is 5.02 Å². The fraction of sp³-hybridized carbons (Fsp3) is 0.586. The number of ether oxygens (including phenoxy) is 1. The first-order valence-corrected chi connectivity index (χ1v) is 14.2. The highest BCUT2D eigenvalue weighted by Crippen LogP contribution is 2.34. The number of allylic oxidation sites excluding steroid dienone is 1. The molecule has 2 heterocycles. The third kappa shape index (κ3) is 6.82. The molecule has 0 aromatic heterocycles. The number of benzene rings is 1. The number of carbonyl (C=O) groups is 2. The molecule has 2 aliphatic heterocycles. The van der Waals surface area contributed by atoms with Gasteiger partial charge in [0.15, 0.2) is 0 Å². The van der Waals surface area contributed by atoms with Crippen LogP contribution in [0.4, 0.5) is 0 Å². The van der Waals surface area contributed by atoms with Gasteiger partial charge in [-0.2, -0.15) is 0 Å². The number of rotatable bonds is 10. The van der Waals surface area contributed by atoms with E-state index in [0.29, 0.717) is 34.5 Å². The van der Waals surface area contributed by atoms with E-state index in [4.69, 9.17) is 16.3 Å². The van der Waals surface area contributed by atoms with E-state index in [-0.39, 0.29) is 6.10 Å². The summed E-state index contributed by atoms with van der Waals surface area (Å²) in [6.45, 7) is 4.45. The number of likely N-dealkylation sites (tertiary alicyclic amines) is 2. The van der Waals surface area contributed by atoms with Gasteiger partial charge in [0.05, 0.1) is 17.2 Å². The van der Waals surface area contributed by atoms with Crippen LogP contribution >= 0.6 is 11.6 Å². The van der Waals surface area contributed by atoms with Crippen molar-refractivity contribution in [3.05, 3.63) is 52.6 Å². The summed E-state index contributed by atoms with van der Waals surface area (Å²) < 4.78 is 5.82. The molecule has 1 aromatic carbocycles. The summed E-state index contributed by atoms with van der Waals surface area (Å²) in [5.41, 5.74) is 1.01. The molecule has 5 rings (SSSR count). The Labute approximate surface area is 224 Å². The summed E-state index contributed by atoms with van der Waals surface area (Å²) in [6, 6.07) is 4.90. The number of piperidine rings is 1. The molecule has 37 heavy (non-hydrogen) atoms. The Balaban J connectivity index is 1.24. The lowest BCUT2D eigenvalue weighted by Crippen LogP contribution is -2.49. The number of aliphatic hydroxyl groups excluding tert-OH is 1. The van der Waals surface area contributed by atoms with Crippen molar-refractivity contribution in [2.45, 2.75) is 75.7 Å². The highest BCUT2D eigenvalue weighted by Gasteiger charge is 2.31.